The quantitative estimate of drug-likeness (QED) is 0.743. The molecule has 0 bridgehead atoms. The zero-order valence-corrected chi connectivity index (χ0v) is 15.2. The molecule has 2 aliphatic rings. The van der Waals surface area contributed by atoms with Crippen LogP contribution in [-0.2, 0) is 9.84 Å². The SMILES string of the molecule is C/C=C(\C=C/C[C@H]1COc2cccnc2O1)CN1CCS(=O)(=O)CC1. The summed E-state index contributed by atoms with van der Waals surface area (Å²) in [5, 5.41) is 0. The summed E-state index contributed by atoms with van der Waals surface area (Å²) in [6, 6.07) is 3.68. The first kappa shape index (κ1) is 17.9. The third kappa shape index (κ3) is 5.06. The Morgan fingerprint density at radius 1 is 1.40 bits per heavy atom. The Kier molecular flexibility index (Phi) is 5.75. The number of aromatic nitrogens is 1. The van der Waals surface area contributed by atoms with E-state index in [1.807, 2.05) is 19.1 Å². The first-order valence-electron chi connectivity index (χ1n) is 8.55. The van der Waals surface area contributed by atoms with Crippen LogP contribution in [0.25, 0.3) is 0 Å². The van der Waals surface area contributed by atoms with Crippen molar-refractivity contribution in [2.24, 2.45) is 0 Å². The molecule has 25 heavy (non-hydrogen) atoms. The zero-order chi connectivity index (χ0) is 17.7. The van der Waals surface area contributed by atoms with Gasteiger partial charge in [0.1, 0.15) is 12.7 Å². The topological polar surface area (TPSA) is 68.7 Å². The minimum atomic E-state index is -2.83. The van der Waals surface area contributed by atoms with Gasteiger partial charge in [-0.05, 0) is 24.6 Å². The third-order valence-corrected chi connectivity index (χ3v) is 5.99. The molecule has 1 fully saturated rings. The molecule has 1 atom stereocenters. The van der Waals surface area contributed by atoms with Crippen molar-refractivity contribution in [2.45, 2.75) is 19.4 Å². The molecule has 3 heterocycles. The smallest absolute Gasteiger partial charge is 0.257 e. The van der Waals surface area contributed by atoms with Crippen LogP contribution in [-0.4, -0.2) is 62.2 Å². The van der Waals surface area contributed by atoms with Gasteiger partial charge < -0.3 is 9.47 Å². The van der Waals surface area contributed by atoms with E-state index in [9.17, 15) is 8.42 Å². The normalized spacial score (nSPS) is 23.7. The molecule has 136 valence electrons. The summed E-state index contributed by atoms with van der Waals surface area (Å²) >= 11 is 0. The lowest BCUT2D eigenvalue weighted by molar-refractivity contribution is 0.0870. The Morgan fingerprint density at radius 3 is 2.96 bits per heavy atom. The maximum Gasteiger partial charge on any atom is 0.257 e. The molecule has 1 saturated heterocycles. The van der Waals surface area contributed by atoms with Crippen molar-refractivity contribution in [3.8, 4) is 11.6 Å². The Morgan fingerprint density at radius 2 is 2.20 bits per heavy atom. The molecule has 7 heteroatoms. The van der Waals surface area contributed by atoms with E-state index in [1.54, 1.807) is 6.20 Å². The van der Waals surface area contributed by atoms with Gasteiger partial charge in [-0.25, -0.2) is 13.4 Å². The maximum absolute atomic E-state index is 11.5. The summed E-state index contributed by atoms with van der Waals surface area (Å²) in [5.41, 5.74) is 1.18. The average Bonchev–Trinajstić information content (AvgIpc) is 2.62. The minimum Gasteiger partial charge on any atom is -0.484 e. The Labute approximate surface area is 149 Å². The van der Waals surface area contributed by atoms with Crippen LogP contribution in [0.4, 0.5) is 0 Å². The van der Waals surface area contributed by atoms with Gasteiger partial charge in [0, 0.05) is 32.3 Å². The lowest BCUT2D eigenvalue weighted by Gasteiger charge is -2.27. The van der Waals surface area contributed by atoms with Crippen LogP contribution >= 0.6 is 0 Å². The highest BCUT2D eigenvalue weighted by molar-refractivity contribution is 7.91. The number of hydrogen-bond donors (Lipinski definition) is 0. The summed E-state index contributed by atoms with van der Waals surface area (Å²) in [6.07, 6.45) is 8.61. The van der Waals surface area contributed by atoms with Crippen LogP contribution in [0.3, 0.4) is 0 Å². The lowest BCUT2D eigenvalue weighted by Crippen LogP contribution is -2.40. The number of fused-ring (bicyclic) bond motifs is 1. The molecule has 0 saturated carbocycles. The van der Waals surface area contributed by atoms with Gasteiger partial charge in [0.25, 0.3) is 5.88 Å². The number of rotatable bonds is 5. The summed E-state index contributed by atoms with van der Waals surface area (Å²) in [4.78, 5) is 6.36. The summed E-state index contributed by atoms with van der Waals surface area (Å²) in [7, 11) is -2.83. The largest absolute Gasteiger partial charge is 0.484 e. The van der Waals surface area contributed by atoms with Gasteiger partial charge in [0.15, 0.2) is 15.6 Å². The average molecular weight is 364 g/mol. The monoisotopic (exact) mass is 364 g/mol. The fourth-order valence-electron chi connectivity index (χ4n) is 2.84. The van der Waals surface area contributed by atoms with Gasteiger partial charge >= 0.3 is 0 Å². The van der Waals surface area contributed by atoms with Crippen molar-refractivity contribution >= 4 is 9.84 Å². The van der Waals surface area contributed by atoms with E-state index in [2.05, 4.69) is 28.1 Å². The van der Waals surface area contributed by atoms with E-state index >= 15 is 0 Å². The number of pyridine rings is 1. The van der Waals surface area contributed by atoms with Crippen molar-refractivity contribution in [2.75, 3.05) is 37.7 Å². The van der Waals surface area contributed by atoms with Crippen LogP contribution in [0.5, 0.6) is 11.6 Å². The van der Waals surface area contributed by atoms with Crippen LogP contribution < -0.4 is 9.47 Å². The maximum atomic E-state index is 11.5. The molecule has 1 aromatic heterocycles. The van der Waals surface area contributed by atoms with Gasteiger partial charge in [-0.3, -0.25) is 4.90 Å². The minimum absolute atomic E-state index is 0.0446. The van der Waals surface area contributed by atoms with Gasteiger partial charge in [-0.1, -0.05) is 18.2 Å². The Balaban J connectivity index is 1.48. The van der Waals surface area contributed by atoms with E-state index < -0.39 is 9.84 Å². The first-order chi connectivity index (χ1) is 12.1. The van der Waals surface area contributed by atoms with Crippen LogP contribution in [0.1, 0.15) is 13.3 Å². The molecule has 6 nitrogen and oxygen atoms in total. The number of hydrogen-bond acceptors (Lipinski definition) is 6. The second-order valence-corrected chi connectivity index (χ2v) is 8.59. The fourth-order valence-corrected chi connectivity index (χ4v) is 4.12. The van der Waals surface area contributed by atoms with Crippen molar-refractivity contribution in [1.82, 2.24) is 9.88 Å². The van der Waals surface area contributed by atoms with Crippen LogP contribution in [0.2, 0.25) is 0 Å². The number of ether oxygens (including phenoxy) is 2. The summed E-state index contributed by atoms with van der Waals surface area (Å²) in [5.74, 6) is 1.76. The molecule has 0 N–H and O–H groups in total. The van der Waals surface area contributed by atoms with Crippen molar-refractivity contribution in [1.29, 1.82) is 0 Å². The van der Waals surface area contributed by atoms with E-state index in [1.165, 1.54) is 5.57 Å². The number of nitrogens with zero attached hydrogens (tertiary/aromatic N) is 2. The Hall–Kier alpha value is -1.86. The molecule has 0 aromatic carbocycles. The van der Waals surface area contributed by atoms with Crippen LogP contribution in [0.15, 0.2) is 42.1 Å². The summed E-state index contributed by atoms with van der Waals surface area (Å²) < 4.78 is 34.5. The molecule has 0 radical (unpaired) electrons. The van der Waals surface area contributed by atoms with E-state index in [0.717, 1.165) is 13.0 Å². The molecule has 0 spiro atoms. The molecule has 0 unspecified atom stereocenters. The van der Waals surface area contributed by atoms with Gasteiger partial charge in [0.2, 0.25) is 0 Å². The van der Waals surface area contributed by atoms with Crippen molar-refractivity contribution < 1.29 is 17.9 Å². The van der Waals surface area contributed by atoms with Gasteiger partial charge in [-0.2, -0.15) is 0 Å². The van der Waals surface area contributed by atoms with Crippen LogP contribution in [0, 0.1) is 0 Å². The van der Waals surface area contributed by atoms with Crippen molar-refractivity contribution in [3.05, 3.63) is 42.1 Å². The van der Waals surface area contributed by atoms with E-state index in [-0.39, 0.29) is 17.6 Å². The molecular formula is C18H24N2O4S. The molecule has 1 aromatic rings. The molecular weight excluding hydrogens is 340 g/mol. The molecule has 2 aliphatic heterocycles. The predicted octanol–water partition coefficient (Wildman–Crippen LogP) is 1.84. The highest BCUT2D eigenvalue weighted by atomic mass is 32.2. The summed E-state index contributed by atoms with van der Waals surface area (Å²) in [6.45, 7) is 4.50. The van der Waals surface area contributed by atoms with Gasteiger partial charge in [0.05, 0.1) is 11.5 Å². The van der Waals surface area contributed by atoms with Gasteiger partial charge in [-0.15, -0.1) is 0 Å². The van der Waals surface area contributed by atoms with E-state index in [0.29, 0.717) is 31.3 Å². The Bertz CT molecular complexity index is 744. The lowest BCUT2D eigenvalue weighted by atomic mass is 10.1. The second-order valence-electron chi connectivity index (χ2n) is 6.29. The highest BCUT2D eigenvalue weighted by Gasteiger charge is 2.22. The molecule has 0 amide bonds. The third-order valence-electron chi connectivity index (χ3n) is 4.38. The standard InChI is InChI=1S/C18H24N2O4S/c1-2-15(13-20-9-11-25(21,22)12-10-20)5-3-6-16-14-23-17-7-4-8-19-18(17)24-16/h2-5,7-8,16H,6,9-14H2,1H3/b5-3-,15-2+/t16-/m0/s1. The molecule has 0 aliphatic carbocycles. The second kappa shape index (κ2) is 8.01. The first-order valence-corrected chi connectivity index (χ1v) is 10.4. The van der Waals surface area contributed by atoms with E-state index in [4.69, 9.17) is 9.47 Å². The van der Waals surface area contributed by atoms with Crippen molar-refractivity contribution in [3.63, 3.8) is 0 Å². The zero-order valence-electron chi connectivity index (χ0n) is 14.4. The number of allylic oxidation sites excluding steroid dienone is 1. The fraction of sp³-hybridized carbons (Fsp3) is 0.500. The predicted molar refractivity (Wildman–Crippen MR) is 96.8 cm³/mol. The molecule has 3 rings (SSSR count). The highest BCUT2D eigenvalue weighted by Crippen LogP contribution is 2.29. The number of sulfone groups is 1.